The lowest BCUT2D eigenvalue weighted by Gasteiger charge is -2.06. The van der Waals surface area contributed by atoms with Crippen LogP contribution in [0.5, 0.6) is 11.5 Å². The van der Waals surface area contributed by atoms with Gasteiger partial charge in [-0.2, -0.15) is 5.10 Å². The van der Waals surface area contributed by atoms with Crippen molar-refractivity contribution < 1.29 is 19.4 Å². The first-order chi connectivity index (χ1) is 9.49. The maximum atomic E-state index is 11.3. The summed E-state index contributed by atoms with van der Waals surface area (Å²) in [6.07, 6.45) is 1.35. The zero-order valence-electron chi connectivity index (χ0n) is 10.9. The van der Waals surface area contributed by atoms with Gasteiger partial charge in [0.1, 0.15) is 0 Å². The van der Waals surface area contributed by atoms with E-state index in [0.29, 0.717) is 21.4 Å². The summed E-state index contributed by atoms with van der Waals surface area (Å²) in [7, 11) is 1.43. The van der Waals surface area contributed by atoms with Gasteiger partial charge in [-0.3, -0.25) is 9.59 Å². The van der Waals surface area contributed by atoms with E-state index in [4.69, 9.17) is 4.74 Å². The van der Waals surface area contributed by atoms with Crippen molar-refractivity contribution in [2.45, 2.75) is 6.92 Å². The lowest BCUT2D eigenvalue weighted by Crippen LogP contribution is -2.37. The van der Waals surface area contributed by atoms with Crippen molar-refractivity contribution in [2.75, 3.05) is 13.7 Å². The first kappa shape index (κ1) is 16.2. The van der Waals surface area contributed by atoms with Crippen LogP contribution in [0.3, 0.4) is 0 Å². The van der Waals surface area contributed by atoms with Crippen molar-refractivity contribution in [3.8, 4) is 11.5 Å². The standard InChI is InChI=1S/C12H14IN3O4/c1-3-14-11(18)12(19)16-15-6-7-4-8(13)10(17)9(5-7)20-2/h4-6,17H,3H2,1-2H3,(H,14,18)(H,16,19)/b15-6-. The molecule has 8 heteroatoms. The number of nitrogens with one attached hydrogen (secondary N) is 2. The Labute approximate surface area is 129 Å². The minimum Gasteiger partial charge on any atom is -0.504 e. The number of methoxy groups -OCH3 is 1. The molecule has 0 aliphatic heterocycles. The van der Waals surface area contributed by atoms with Gasteiger partial charge < -0.3 is 15.2 Å². The Hall–Kier alpha value is -1.84. The number of carbonyl (C=O) groups excluding carboxylic acids is 2. The predicted octanol–water partition coefficient (Wildman–Crippen LogP) is 0.592. The van der Waals surface area contributed by atoms with Gasteiger partial charge in [-0.15, -0.1) is 0 Å². The minimum atomic E-state index is -0.844. The first-order valence-electron chi connectivity index (χ1n) is 5.67. The van der Waals surface area contributed by atoms with Crippen LogP contribution in [0.1, 0.15) is 12.5 Å². The van der Waals surface area contributed by atoms with E-state index in [1.54, 1.807) is 19.1 Å². The number of rotatable bonds is 4. The molecule has 1 aromatic rings. The van der Waals surface area contributed by atoms with Crippen LogP contribution in [-0.4, -0.2) is 36.8 Å². The number of nitrogens with zero attached hydrogens (tertiary/aromatic N) is 1. The second-order valence-corrected chi connectivity index (χ2v) is 4.77. The number of hydrogen-bond acceptors (Lipinski definition) is 5. The number of phenols is 1. The van der Waals surface area contributed by atoms with Crippen molar-refractivity contribution >= 4 is 40.6 Å². The van der Waals surface area contributed by atoms with Crippen LogP contribution in [0.15, 0.2) is 17.2 Å². The molecule has 0 radical (unpaired) electrons. The number of phenolic OH excluding ortho intramolecular Hbond substituents is 1. The number of hydrazone groups is 1. The van der Waals surface area contributed by atoms with E-state index < -0.39 is 11.8 Å². The van der Waals surface area contributed by atoms with E-state index in [0.717, 1.165) is 0 Å². The van der Waals surface area contributed by atoms with Crippen LogP contribution < -0.4 is 15.5 Å². The lowest BCUT2D eigenvalue weighted by atomic mass is 10.2. The second-order valence-electron chi connectivity index (χ2n) is 3.61. The van der Waals surface area contributed by atoms with Gasteiger partial charge in [0.05, 0.1) is 16.9 Å². The highest BCUT2D eigenvalue weighted by Gasteiger charge is 2.10. The smallest absolute Gasteiger partial charge is 0.329 e. The van der Waals surface area contributed by atoms with Crippen molar-refractivity contribution in [2.24, 2.45) is 5.10 Å². The van der Waals surface area contributed by atoms with E-state index in [-0.39, 0.29) is 5.75 Å². The van der Waals surface area contributed by atoms with E-state index in [9.17, 15) is 14.7 Å². The summed E-state index contributed by atoms with van der Waals surface area (Å²) in [5.74, 6) is -1.25. The van der Waals surface area contributed by atoms with Crippen molar-refractivity contribution in [1.29, 1.82) is 0 Å². The van der Waals surface area contributed by atoms with Crippen LogP contribution in [0, 0.1) is 3.57 Å². The molecule has 108 valence electrons. The largest absolute Gasteiger partial charge is 0.504 e. The maximum absolute atomic E-state index is 11.3. The average molecular weight is 391 g/mol. The summed E-state index contributed by atoms with van der Waals surface area (Å²) >= 11 is 1.94. The summed E-state index contributed by atoms with van der Waals surface area (Å²) in [5.41, 5.74) is 2.71. The molecule has 0 saturated heterocycles. The number of likely N-dealkylation sites (N-methyl/N-ethyl adjacent to an activating group) is 1. The molecule has 0 bridgehead atoms. The molecular formula is C12H14IN3O4. The highest BCUT2D eigenvalue weighted by atomic mass is 127. The van der Waals surface area contributed by atoms with Crippen LogP contribution in [-0.2, 0) is 9.59 Å². The SMILES string of the molecule is CCNC(=O)C(=O)N/N=C\c1cc(I)c(O)c(OC)c1. The van der Waals surface area contributed by atoms with Gasteiger partial charge >= 0.3 is 11.8 Å². The molecular weight excluding hydrogens is 377 g/mol. The highest BCUT2D eigenvalue weighted by Crippen LogP contribution is 2.31. The fourth-order valence-electron chi connectivity index (χ4n) is 1.28. The van der Waals surface area contributed by atoms with Crippen LogP contribution in [0.25, 0.3) is 0 Å². The van der Waals surface area contributed by atoms with Gasteiger partial charge in [0, 0.05) is 6.54 Å². The molecule has 0 saturated carbocycles. The fourth-order valence-corrected chi connectivity index (χ4v) is 1.91. The minimum absolute atomic E-state index is 0.0385. The van der Waals surface area contributed by atoms with Gasteiger partial charge in [-0.25, -0.2) is 5.43 Å². The monoisotopic (exact) mass is 391 g/mol. The Morgan fingerprint density at radius 1 is 1.45 bits per heavy atom. The number of aromatic hydroxyl groups is 1. The Morgan fingerprint density at radius 3 is 2.75 bits per heavy atom. The summed E-state index contributed by atoms with van der Waals surface area (Å²) in [6.45, 7) is 2.07. The summed E-state index contributed by atoms with van der Waals surface area (Å²) in [5, 5.41) is 15.7. The van der Waals surface area contributed by atoms with Gasteiger partial charge in [-0.05, 0) is 47.2 Å². The van der Waals surface area contributed by atoms with E-state index in [2.05, 4.69) is 15.8 Å². The Bertz CT molecular complexity index is 546. The first-order valence-corrected chi connectivity index (χ1v) is 6.75. The number of halogens is 1. The van der Waals surface area contributed by atoms with Crippen molar-refractivity contribution in [1.82, 2.24) is 10.7 Å². The molecule has 0 aromatic heterocycles. The fraction of sp³-hybridized carbons (Fsp3) is 0.250. The van der Waals surface area contributed by atoms with Gasteiger partial charge in [-0.1, -0.05) is 0 Å². The third-order valence-corrected chi connectivity index (χ3v) is 3.02. The molecule has 0 heterocycles. The quantitative estimate of drug-likeness (QED) is 0.303. The van der Waals surface area contributed by atoms with E-state index in [1.807, 2.05) is 22.6 Å². The predicted molar refractivity (Wildman–Crippen MR) is 81.8 cm³/mol. The van der Waals surface area contributed by atoms with Crippen LogP contribution in [0.2, 0.25) is 0 Å². The maximum Gasteiger partial charge on any atom is 0.329 e. The number of ether oxygens (including phenoxy) is 1. The Morgan fingerprint density at radius 2 is 2.15 bits per heavy atom. The zero-order chi connectivity index (χ0) is 15.1. The van der Waals surface area contributed by atoms with Gasteiger partial charge in [0.15, 0.2) is 11.5 Å². The number of carbonyl (C=O) groups is 2. The molecule has 3 N–H and O–H groups in total. The molecule has 0 fully saturated rings. The molecule has 20 heavy (non-hydrogen) atoms. The van der Waals surface area contributed by atoms with Crippen molar-refractivity contribution in [3.63, 3.8) is 0 Å². The van der Waals surface area contributed by atoms with Gasteiger partial charge in [0.25, 0.3) is 0 Å². The molecule has 0 aliphatic rings. The summed E-state index contributed by atoms with van der Waals surface area (Å²) < 4.78 is 5.58. The van der Waals surface area contributed by atoms with E-state index in [1.165, 1.54) is 13.3 Å². The summed E-state index contributed by atoms with van der Waals surface area (Å²) in [6, 6.07) is 3.21. The average Bonchev–Trinajstić information content (AvgIpc) is 2.42. The van der Waals surface area contributed by atoms with Crippen molar-refractivity contribution in [3.05, 3.63) is 21.3 Å². The topological polar surface area (TPSA) is 100 Å². The molecule has 2 amide bonds. The summed E-state index contributed by atoms with van der Waals surface area (Å²) in [4.78, 5) is 22.4. The molecule has 0 aliphatic carbocycles. The van der Waals surface area contributed by atoms with Crippen LogP contribution >= 0.6 is 22.6 Å². The molecule has 0 atom stereocenters. The Kier molecular flexibility index (Phi) is 6.22. The molecule has 1 aromatic carbocycles. The van der Waals surface area contributed by atoms with E-state index >= 15 is 0 Å². The number of benzene rings is 1. The number of amides is 2. The van der Waals surface area contributed by atoms with Gasteiger partial charge in [0.2, 0.25) is 0 Å². The lowest BCUT2D eigenvalue weighted by molar-refractivity contribution is -0.139. The molecule has 0 unspecified atom stereocenters. The molecule has 0 spiro atoms. The zero-order valence-corrected chi connectivity index (χ0v) is 13.1. The normalized spacial score (nSPS) is 10.3. The highest BCUT2D eigenvalue weighted by molar-refractivity contribution is 14.1. The number of hydrogen-bond donors (Lipinski definition) is 3. The second kappa shape index (κ2) is 7.68. The third-order valence-electron chi connectivity index (χ3n) is 2.19. The Balaban J connectivity index is 2.74. The third kappa shape index (κ3) is 4.37. The molecule has 7 nitrogen and oxygen atoms in total. The molecule has 1 rings (SSSR count). The van der Waals surface area contributed by atoms with Crippen LogP contribution in [0.4, 0.5) is 0 Å².